The predicted molar refractivity (Wildman–Crippen MR) is 79.6 cm³/mol. The molecule has 2 atom stereocenters. The smallest absolute Gasteiger partial charge is 0.239 e. The van der Waals surface area contributed by atoms with Gasteiger partial charge in [0, 0.05) is 13.1 Å². The zero-order chi connectivity index (χ0) is 13.8. The topological polar surface area (TPSA) is 77.0 Å². The molecule has 1 aliphatic heterocycles. The number of rotatable bonds is 4. The van der Waals surface area contributed by atoms with Crippen LogP contribution < -0.4 is 5.73 Å². The lowest BCUT2D eigenvalue weighted by Gasteiger charge is -2.34. The Hall–Kier alpha value is -1.14. The molecular formula is C13H24ClN5O. The molecule has 1 saturated heterocycles. The lowest BCUT2D eigenvalue weighted by atomic mass is 10.0. The summed E-state index contributed by atoms with van der Waals surface area (Å²) in [5.41, 5.74) is 5.99. The van der Waals surface area contributed by atoms with E-state index in [9.17, 15) is 4.79 Å². The highest BCUT2D eigenvalue weighted by molar-refractivity contribution is 5.85. The van der Waals surface area contributed by atoms with Crippen LogP contribution in [0.1, 0.15) is 39.2 Å². The Morgan fingerprint density at radius 1 is 1.50 bits per heavy atom. The van der Waals surface area contributed by atoms with Gasteiger partial charge in [0.2, 0.25) is 5.91 Å². The molecule has 1 unspecified atom stereocenters. The van der Waals surface area contributed by atoms with Crippen molar-refractivity contribution in [2.45, 2.75) is 45.2 Å². The number of carbonyl (C=O) groups excluding carboxylic acids is 1. The van der Waals surface area contributed by atoms with Crippen molar-refractivity contribution in [1.29, 1.82) is 0 Å². The average molecular weight is 302 g/mol. The van der Waals surface area contributed by atoms with Crippen molar-refractivity contribution in [3.8, 4) is 0 Å². The molecule has 1 aromatic heterocycles. The second-order valence-electron chi connectivity index (χ2n) is 5.69. The zero-order valence-corrected chi connectivity index (χ0v) is 12.9. The number of piperidine rings is 1. The number of halogens is 1. The molecular weight excluding hydrogens is 278 g/mol. The van der Waals surface area contributed by atoms with Gasteiger partial charge < -0.3 is 10.6 Å². The molecule has 2 heterocycles. The maximum absolute atomic E-state index is 12.3. The number of nitrogens with two attached hydrogens (primary N) is 1. The molecule has 0 spiro atoms. The Morgan fingerprint density at radius 2 is 2.25 bits per heavy atom. The Morgan fingerprint density at radius 3 is 2.85 bits per heavy atom. The van der Waals surface area contributed by atoms with Gasteiger partial charge in [-0.3, -0.25) is 4.79 Å². The fourth-order valence-corrected chi connectivity index (χ4v) is 2.62. The Bertz CT molecular complexity index is 409. The van der Waals surface area contributed by atoms with Crippen molar-refractivity contribution in [2.75, 3.05) is 13.1 Å². The van der Waals surface area contributed by atoms with Crippen molar-refractivity contribution < 1.29 is 4.79 Å². The molecule has 1 amide bonds. The second kappa shape index (κ2) is 7.59. The lowest BCUT2D eigenvalue weighted by molar-refractivity contribution is -0.134. The molecule has 1 fully saturated rings. The van der Waals surface area contributed by atoms with Gasteiger partial charge in [-0.15, -0.1) is 12.4 Å². The largest absolute Gasteiger partial charge is 0.339 e. The third-order valence-corrected chi connectivity index (χ3v) is 3.56. The summed E-state index contributed by atoms with van der Waals surface area (Å²) < 4.78 is 1.84. The molecule has 1 aliphatic rings. The highest BCUT2D eigenvalue weighted by Gasteiger charge is 2.28. The molecule has 0 aromatic carbocycles. The quantitative estimate of drug-likeness (QED) is 0.907. The van der Waals surface area contributed by atoms with Gasteiger partial charge in [0.05, 0.1) is 12.1 Å². The summed E-state index contributed by atoms with van der Waals surface area (Å²) >= 11 is 0. The molecule has 1 aromatic rings. The minimum Gasteiger partial charge on any atom is -0.339 e. The zero-order valence-electron chi connectivity index (χ0n) is 12.1. The fraction of sp³-hybridized carbons (Fsp3) is 0.769. The van der Waals surface area contributed by atoms with Gasteiger partial charge in [-0.25, -0.2) is 9.67 Å². The van der Waals surface area contributed by atoms with Crippen molar-refractivity contribution in [1.82, 2.24) is 19.7 Å². The van der Waals surface area contributed by atoms with Gasteiger partial charge in [-0.05, 0) is 25.2 Å². The monoisotopic (exact) mass is 301 g/mol. The molecule has 6 nitrogen and oxygen atoms in total. The second-order valence-corrected chi connectivity index (χ2v) is 5.69. The van der Waals surface area contributed by atoms with Crippen molar-refractivity contribution in [3.63, 3.8) is 0 Å². The molecule has 2 rings (SSSR count). The van der Waals surface area contributed by atoms with E-state index in [4.69, 9.17) is 5.73 Å². The molecule has 0 bridgehead atoms. The van der Waals surface area contributed by atoms with Crippen molar-refractivity contribution >= 4 is 18.3 Å². The minimum atomic E-state index is -0.380. The van der Waals surface area contributed by atoms with E-state index in [0.29, 0.717) is 12.5 Å². The maximum atomic E-state index is 12.3. The molecule has 114 valence electrons. The van der Waals surface area contributed by atoms with Crippen LogP contribution >= 0.6 is 12.4 Å². The van der Waals surface area contributed by atoms with Gasteiger partial charge in [0.1, 0.15) is 12.7 Å². The standard InChI is InChI=1S/C13H23N5O.ClH/c1-10(2)6-12(14)13(19)17-5-3-4-11(7-17)18-9-15-8-16-18;/h8-12H,3-7,14H2,1-2H3;1H/t11?,12-;/m0./s1. The van der Waals surface area contributed by atoms with Crippen LogP contribution in [0, 0.1) is 5.92 Å². The first-order valence-corrected chi connectivity index (χ1v) is 6.96. The highest BCUT2D eigenvalue weighted by Crippen LogP contribution is 2.21. The summed E-state index contributed by atoms with van der Waals surface area (Å²) in [6.45, 7) is 5.66. The third kappa shape index (κ3) is 4.18. The number of hydrogen-bond donors (Lipinski definition) is 1. The number of likely N-dealkylation sites (tertiary alicyclic amines) is 1. The van der Waals surface area contributed by atoms with E-state index in [1.54, 1.807) is 6.33 Å². The summed E-state index contributed by atoms with van der Waals surface area (Å²) in [5.74, 6) is 0.508. The first-order valence-electron chi connectivity index (χ1n) is 6.96. The van der Waals surface area contributed by atoms with Gasteiger partial charge in [-0.1, -0.05) is 13.8 Å². The molecule has 2 N–H and O–H groups in total. The lowest BCUT2D eigenvalue weighted by Crippen LogP contribution is -2.48. The van der Waals surface area contributed by atoms with Gasteiger partial charge in [0.25, 0.3) is 0 Å². The number of amides is 1. The summed E-state index contributed by atoms with van der Waals surface area (Å²) in [5, 5.41) is 4.16. The van der Waals surface area contributed by atoms with Crippen LogP contribution in [0.2, 0.25) is 0 Å². The van der Waals surface area contributed by atoms with Crippen LogP contribution in [-0.4, -0.2) is 44.7 Å². The molecule has 0 aliphatic carbocycles. The first kappa shape index (κ1) is 16.9. The van der Waals surface area contributed by atoms with E-state index in [1.165, 1.54) is 6.33 Å². The van der Waals surface area contributed by atoms with Crippen LogP contribution in [0.5, 0.6) is 0 Å². The SMILES string of the molecule is CC(C)C[C@H](N)C(=O)N1CCCC(n2cncn2)C1.Cl. The highest BCUT2D eigenvalue weighted by atomic mass is 35.5. The van der Waals surface area contributed by atoms with E-state index in [0.717, 1.165) is 25.8 Å². The Kier molecular flexibility index (Phi) is 6.42. The first-order chi connectivity index (χ1) is 9.08. The maximum Gasteiger partial charge on any atom is 0.239 e. The summed E-state index contributed by atoms with van der Waals surface area (Å²) in [7, 11) is 0. The number of carbonyl (C=O) groups is 1. The Labute approximate surface area is 126 Å². The van der Waals surface area contributed by atoms with E-state index in [1.807, 2.05) is 9.58 Å². The van der Waals surface area contributed by atoms with E-state index in [-0.39, 0.29) is 30.4 Å². The molecule has 0 saturated carbocycles. The van der Waals surface area contributed by atoms with Crippen LogP contribution in [0.25, 0.3) is 0 Å². The van der Waals surface area contributed by atoms with Gasteiger partial charge in [0.15, 0.2) is 0 Å². The molecule has 0 radical (unpaired) electrons. The predicted octanol–water partition coefficient (Wildman–Crippen LogP) is 1.24. The van der Waals surface area contributed by atoms with E-state index < -0.39 is 0 Å². The number of aromatic nitrogens is 3. The third-order valence-electron chi connectivity index (χ3n) is 3.56. The van der Waals surface area contributed by atoms with Crippen LogP contribution in [0.4, 0.5) is 0 Å². The number of nitrogens with zero attached hydrogens (tertiary/aromatic N) is 4. The van der Waals surface area contributed by atoms with Gasteiger partial charge in [-0.2, -0.15) is 5.10 Å². The van der Waals surface area contributed by atoms with Crippen LogP contribution in [0.3, 0.4) is 0 Å². The summed E-state index contributed by atoms with van der Waals surface area (Å²) in [6.07, 6.45) is 6.01. The van der Waals surface area contributed by atoms with Crippen LogP contribution in [-0.2, 0) is 4.79 Å². The van der Waals surface area contributed by atoms with Crippen LogP contribution in [0.15, 0.2) is 12.7 Å². The minimum absolute atomic E-state index is 0. The summed E-state index contributed by atoms with van der Waals surface area (Å²) in [4.78, 5) is 18.1. The normalized spacial score (nSPS) is 20.6. The molecule has 7 heteroatoms. The van der Waals surface area contributed by atoms with E-state index >= 15 is 0 Å². The van der Waals surface area contributed by atoms with E-state index in [2.05, 4.69) is 23.9 Å². The van der Waals surface area contributed by atoms with Crippen molar-refractivity contribution in [2.24, 2.45) is 11.7 Å². The Balaban J connectivity index is 0.00000200. The van der Waals surface area contributed by atoms with Gasteiger partial charge >= 0.3 is 0 Å². The fourth-order valence-electron chi connectivity index (χ4n) is 2.62. The molecule has 20 heavy (non-hydrogen) atoms. The number of hydrogen-bond acceptors (Lipinski definition) is 4. The average Bonchev–Trinajstić information content (AvgIpc) is 2.91. The summed E-state index contributed by atoms with van der Waals surface area (Å²) in [6, 6.07) is -0.152. The van der Waals surface area contributed by atoms with Crippen molar-refractivity contribution in [3.05, 3.63) is 12.7 Å².